The summed E-state index contributed by atoms with van der Waals surface area (Å²) in [6.07, 6.45) is 8.29. The lowest BCUT2D eigenvalue weighted by atomic mass is 9.75. The van der Waals surface area contributed by atoms with Crippen molar-refractivity contribution in [2.75, 3.05) is 13.1 Å². The third-order valence-electron chi connectivity index (χ3n) is 4.78. The highest BCUT2D eigenvalue weighted by Crippen LogP contribution is 2.45. The molecule has 2 aromatic rings. The van der Waals surface area contributed by atoms with Gasteiger partial charge in [0.05, 0.1) is 6.20 Å². The van der Waals surface area contributed by atoms with Crippen LogP contribution in [0.15, 0.2) is 24.0 Å². The molecule has 2 N–H and O–H groups in total. The monoisotopic (exact) mass is 315 g/mol. The van der Waals surface area contributed by atoms with E-state index in [0.29, 0.717) is 11.4 Å². The molecule has 2 aliphatic rings. The van der Waals surface area contributed by atoms with Crippen molar-refractivity contribution in [2.24, 2.45) is 11.1 Å². The Bertz CT molecular complexity index is 695. The van der Waals surface area contributed by atoms with Crippen molar-refractivity contribution >= 4 is 17.2 Å². The maximum absolute atomic E-state index is 12.5. The van der Waals surface area contributed by atoms with Crippen molar-refractivity contribution in [1.29, 1.82) is 0 Å². The molecule has 0 bridgehead atoms. The Morgan fingerprint density at radius 1 is 1.41 bits per heavy atom. The minimum absolute atomic E-state index is 0.00360. The van der Waals surface area contributed by atoms with Crippen LogP contribution in [0.5, 0.6) is 0 Å². The van der Waals surface area contributed by atoms with Crippen LogP contribution in [0.1, 0.15) is 29.8 Å². The maximum Gasteiger partial charge on any atom is 0.273 e. The molecule has 2 fully saturated rings. The Kier molecular flexibility index (Phi) is 3.19. The molecule has 6 nitrogen and oxygen atoms in total. The fraction of sp³-hybridized carbons (Fsp3) is 0.467. The van der Waals surface area contributed by atoms with E-state index in [1.807, 2.05) is 4.90 Å². The van der Waals surface area contributed by atoms with Gasteiger partial charge in [0.2, 0.25) is 0 Å². The Morgan fingerprint density at radius 3 is 2.95 bits per heavy atom. The first-order chi connectivity index (χ1) is 10.7. The Labute approximate surface area is 132 Å². The zero-order valence-electron chi connectivity index (χ0n) is 12.1. The molecule has 0 radical (unpaired) electrons. The Balaban J connectivity index is 1.47. The van der Waals surface area contributed by atoms with Crippen LogP contribution in [0.2, 0.25) is 0 Å². The molecule has 1 saturated heterocycles. The minimum atomic E-state index is -0.00360. The molecule has 2 aromatic heterocycles. The molecule has 1 unspecified atom stereocenters. The number of rotatable bonds is 2. The van der Waals surface area contributed by atoms with E-state index < -0.39 is 0 Å². The normalized spacial score (nSPS) is 22.8. The van der Waals surface area contributed by atoms with Gasteiger partial charge >= 0.3 is 0 Å². The average Bonchev–Trinajstić information content (AvgIpc) is 3.13. The highest BCUT2D eigenvalue weighted by Gasteiger charge is 2.51. The van der Waals surface area contributed by atoms with Crippen molar-refractivity contribution < 1.29 is 4.79 Å². The van der Waals surface area contributed by atoms with Gasteiger partial charge in [-0.2, -0.15) is 0 Å². The number of amides is 1. The molecule has 1 spiro atoms. The fourth-order valence-electron chi connectivity index (χ4n) is 3.48. The third kappa shape index (κ3) is 2.12. The Hall–Kier alpha value is -1.86. The second-order valence-electron chi connectivity index (χ2n) is 6.15. The van der Waals surface area contributed by atoms with Crippen LogP contribution in [0.3, 0.4) is 0 Å². The highest BCUT2D eigenvalue weighted by atomic mass is 32.1. The van der Waals surface area contributed by atoms with Gasteiger partial charge in [-0.05, 0) is 12.8 Å². The third-order valence-corrected chi connectivity index (χ3v) is 5.65. The number of hydrogen-bond acceptors (Lipinski definition) is 6. The van der Waals surface area contributed by atoms with Crippen molar-refractivity contribution in [1.82, 2.24) is 19.9 Å². The van der Waals surface area contributed by atoms with E-state index in [0.717, 1.165) is 30.9 Å². The van der Waals surface area contributed by atoms with E-state index in [4.69, 9.17) is 5.73 Å². The first kappa shape index (κ1) is 13.8. The zero-order chi connectivity index (χ0) is 15.2. The van der Waals surface area contributed by atoms with Crippen LogP contribution in [0.25, 0.3) is 10.7 Å². The van der Waals surface area contributed by atoms with Gasteiger partial charge in [0.1, 0.15) is 16.4 Å². The molecule has 4 rings (SSSR count). The van der Waals surface area contributed by atoms with Gasteiger partial charge in [0, 0.05) is 42.3 Å². The van der Waals surface area contributed by atoms with E-state index in [1.54, 1.807) is 24.0 Å². The van der Waals surface area contributed by atoms with Crippen LogP contribution in [-0.4, -0.2) is 44.9 Å². The van der Waals surface area contributed by atoms with Crippen molar-refractivity contribution in [3.8, 4) is 10.7 Å². The quantitative estimate of drug-likeness (QED) is 0.909. The van der Waals surface area contributed by atoms with Crippen molar-refractivity contribution in [2.45, 2.75) is 25.3 Å². The summed E-state index contributed by atoms with van der Waals surface area (Å²) in [6, 6.07) is 0.238. The number of thiazole rings is 1. The van der Waals surface area contributed by atoms with Crippen LogP contribution in [-0.2, 0) is 0 Å². The number of hydrogen-bond donors (Lipinski definition) is 1. The number of carbonyl (C=O) groups is 1. The summed E-state index contributed by atoms with van der Waals surface area (Å²) in [5.74, 6) is -0.00360. The van der Waals surface area contributed by atoms with E-state index in [1.165, 1.54) is 17.8 Å². The van der Waals surface area contributed by atoms with Gasteiger partial charge < -0.3 is 10.6 Å². The second kappa shape index (κ2) is 5.10. The smallest absolute Gasteiger partial charge is 0.273 e. The Morgan fingerprint density at radius 2 is 2.27 bits per heavy atom. The van der Waals surface area contributed by atoms with E-state index in [9.17, 15) is 4.79 Å². The topological polar surface area (TPSA) is 85.0 Å². The van der Waals surface area contributed by atoms with Crippen molar-refractivity contribution in [3.63, 3.8) is 0 Å². The van der Waals surface area contributed by atoms with Gasteiger partial charge in [-0.1, -0.05) is 6.42 Å². The SMILES string of the molecule is NC1CCCC12CN(C(=O)c1csc(-c3cnccn3)n1)C2. The predicted octanol–water partition coefficient (Wildman–Crippen LogP) is 1.55. The minimum Gasteiger partial charge on any atom is -0.336 e. The number of likely N-dealkylation sites (tertiary alicyclic amines) is 1. The molecule has 7 heteroatoms. The molecule has 114 valence electrons. The van der Waals surface area contributed by atoms with Gasteiger partial charge in [0.15, 0.2) is 0 Å². The first-order valence-corrected chi connectivity index (χ1v) is 8.33. The van der Waals surface area contributed by atoms with Crippen LogP contribution >= 0.6 is 11.3 Å². The summed E-state index contributed by atoms with van der Waals surface area (Å²) in [7, 11) is 0. The maximum atomic E-state index is 12.5. The molecule has 22 heavy (non-hydrogen) atoms. The summed E-state index contributed by atoms with van der Waals surface area (Å²) in [5, 5.41) is 2.52. The summed E-state index contributed by atoms with van der Waals surface area (Å²) in [5.41, 5.74) is 7.55. The van der Waals surface area contributed by atoms with E-state index in [-0.39, 0.29) is 17.4 Å². The molecule has 0 aromatic carbocycles. The highest BCUT2D eigenvalue weighted by molar-refractivity contribution is 7.13. The summed E-state index contributed by atoms with van der Waals surface area (Å²) in [4.78, 5) is 27.0. The van der Waals surface area contributed by atoms with Gasteiger partial charge in [-0.3, -0.25) is 14.8 Å². The lowest BCUT2D eigenvalue weighted by molar-refractivity contribution is 0.00104. The zero-order valence-corrected chi connectivity index (χ0v) is 12.9. The number of nitrogens with two attached hydrogens (primary N) is 1. The molecule has 3 heterocycles. The standard InChI is InChI=1S/C15H17N5OS/c16-12-2-1-3-15(12)8-20(9-15)14(21)11-7-22-13(19-11)10-6-17-4-5-18-10/h4-7,12H,1-3,8-9,16H2. The second-order valence-corrected chi connectivity index (χ2v) is 7.01. The summed E-state index contributed by atoms with van der Waals surface area (Å²) < 4.78 is 0. The number of carbonyl (C=O) groups excluding carboxylic acids is 1. The molecule has 1 aliphatic heterocycles. The fourth-order valence-corrected chi connectivity index (χ4v) is 4.23. The predicted molar refractivity (Wildman–Crippen MR) is 83.3 cm³/mol. The van der Waals surface area contributed by atoms with Crippen LogP contribution in [0.4, 0.5) is 0 Å². The first-order valence-electron chi connectivity index (χ1n) is 7.45. The molecule has 1 amide bonds. The van der Waals surface area contributed by atoms with Crippen LogP contribution < -0.4 is 5.73 Å². The molecule has 1 saturated carbocycles. The molecule has 1 aliphatic carbocycles. The summed E-state index contributed by atoms with van der Waals surface area (Å²) >= 11 is 1.42. The van der Waals surface area contributed by atoms with Crippen LogP contribution in [0, 0.1) is 5.41 Å². The largest absolute Gasteiger partial charge is 0.336 e. The molecule has 1 atom stereocenters. The summed E-state index contributed by atoms with van der Waals surface area (Å²) in [6.45, 7) is 1.54. The number of nitrogens with zero attached hydrogens (tertiary/aromatic N) is 4. The van der Waals surface area contributed by atoms with Gasteiger partial charge in [0.25, 0.3) is 5.91 Å². The van der Waals surface area contributed by atoms with Gasteiger partial charge in [-0.25, -0.2) is 4.98 Å². The number of aromatic nitrogens is 3. The molecular formula is C15H17N5OS. The lowest BCUT2D eigenvalue weighted by Crippen LogP contribution is -2.63. The molecular weight excluding hydrogens is 298 g/mol. The van der Waals surface area contributed by atoms with Gasteiger partial charge in [-0.15, -0.1) is 11.3 Å². The average molecular weight is 315 g/mol. The van der Waals surface area contributed by atoms with Crippen molar-refractivity contribution in [3.05, 3.63) is 29.7 Å². The van der Waals surface area contributed by atoms with E-state index in [2.05, 4.69) is 15.0 Å². The lowest BCUT2D eigenvalue weighted by Gasteiger charge is -2.50. The van der Waals surface area contributed by atoms with E-state index >= 15 is 0 Å².